The monoisotopic (exact) mass is 758 g/mol. The topological polar surface area (TPSA) is 149 Å². The van der Waals surface area contributed by atoms with Crippen molar-refractivity contribution in [1.29, 1.82) is 0 Å². The second-order valence-electron chi connectivity index (χ2n) is 13.5. The first-order valence-corrected chi connectivity index (χ1v) is 18.8. The lowest BCUT2D eigenvalue weighted by Crippen LogP contribution is -2.50. The Balaban J connectivity index is 0.000000190. The van der Waals surface area contributed by atoms with E-state index in [4.69, 9.17) is 9.47 Å². The molecule has 7 rings (SSSR count). The molecule has 4 aromatic rings. The van der Waals surface area contributed by atoms with Gasteiger partial charge < -0.3 is 29.5 Å². The van der Waals surface area contributed by atoms with Crippen LogP contribution in [0.4, 0.5) is 21.0 Å². The first-order valence-electron chi connectivity index (χ1n) is 18.8. The highest BCUT2D eigenvalue weighted by molar-refractivity contribution is 6.05. The van der Waals surface area contributed by atoms with Crippen LogP contribution in [0.3, 0.4) is 0 Å². The Morgan fingerprint density at radius 1 is 0.750 bits per heavy atom. The normalized spacial score (nSPS) is 18.9. The summed E-state index contributed by atoms with van der Waals surface area (Å²) in [7, 11) is 0. The molecule has 3 heterocycles. The Labute approximate surface area is 326 Å². The second kappa shape index (κ2) is 19.4. The molecule has 2 fully saturated rings. The van der Waals surface area contributed by atoms with Gasteiger partial charge in [0.2, 0.25) is 0 Å². The van der Waals surface area contributed by atoms with E-state index in [9.17, 15) is 29.4 Å². The number of carbonyl (C=O) groups excluding carboxylic acids is 4. The predicted octanol–water partition coefficient (Wildman–Crippen LogP) is 6.83. The van der Waals surface area contributed by atoms with Gasteiger partial charge in [-0.1, -0.05) is 97.1 Å². The molecule has 0 spiro atoms. The largest absolute Gasteiger partial charge is 0.445 e. The highest BCUT2D eigenvalue weighted by Crippen LogP contribution is 2.35. The number of aliphatic hydroxyl groups excluding tert-OH is 2. The van der Waals surface area contributed by atoms with Crippen LogP contribution in [0.5, 0.6) is 0 Å². The molecule has 3 N–H and O–H groups in total. The number of nitrogens with zero attached hydrogens (tertiary/aromatic N) is 3. The summed E-state index contributed by atoms with van der Waals surface area (Å²) in [5.74, 6) is -0.354. The number of amides is 4. The number of aliphatic hydroxyl groups is 2. The van der Waals surface area contributed by atoms with E-state index >= 15 is 0 Å². The van der Waals surface area contributed by atoms with Crippen molar-refractivity contribution in [3.05, 3.63) is 144 Å². The first-order chi connectivity index (χ1) is 27.4. The molecule has 3 aliphatic rings. The lowest BCUT2D eigenvalue weighted by molar-refractivity contribution is 0.0496. The molecule has 3 aliphatic heterocycles. The van der Waals surface area contributed by atoms with Crippen LogP contribution < -0.4 is 10.2 Å². The minimum absolute atomic E-state index is 0.0584. The zero-order valence-electron chi connectivity index (χ0n) is 31.0. The molecule has 1 unspecified atom stereocenters. The summed E-state index contributed by atoms with van der Waals surface area (Å²) in [5, 5.41) is 23.0. The van der Waals surface area contributed by atoms with E-state index in [1.165, 1.54) is 4.90 Å². The van der Waals surface area contributed by atoms with Gasteiger partial charge in [-0.2, -0.15) is 0 Å². The first kappa shape index (κ1) is 39.5. The maximum absolute atomic E-state index is 12.9. The number of nitrogens with one attached hydrogen (secondary N) is 1. The zero-order chi connectivity index (χ0) is 39.3. The van der Waals surface area contributed by atoms with Gasteiger partial charge in [-0.25, -0.2) is 14.5 Å². The number of likely N-dealkylation sites (tertiary alicyclic amines) is 1. The molecule has 0 aliphatic carbocycles. The van der Waals surface area contributed by atoms with Crippen molar-refractivity contribution in [2.24, 2.45) is 0 Å². The molecule has 0 bridgehead atoms. The molecule has 0 radical (unpaired) electrons. The maximum atomic E-state index is 12.9. The SMILES string of the molecule is O=C(Nc1ccccc1C(=O)N1CCCC1CO)OC/C=C/c1ccccc1.O=C1c2ccccc2N(C(=O)OC/C=C/c2ccccc2)[C@@H](O)[C@@H]2CCCN12. The number of carbonyl (C=O) groups is 4. The average Bonchev–Trinajstić information content (AvgIpc) is 3.92. The molecule has 3 atom stereocenters. The molecular formula is C44H46N4O8. The van der Waals surface area contributed by atoms with Gasteiger partial charge in [-0.3, -0.25) is 14.9 Å². The lowest BCUT2D eigenvalue weighted by atomic mass is 10.1. The van der Waals surface area contributed by atoms with Gasteiger partial charge in [0.1, 0.15) is 13.2 Å². The Kier molecular flexibility index (Phi) is 13.7. The van der Waals surface area contributed by atoms with Crippen molar-refractivity contribution >= 4 is 47.5 Å². The Hall–Kier alpha value is -6.24. The van der Waals surface area contributed by atoms with E-state index in [-0.39, 0.29) is 37.7 Å². The summed E-state index contributed by atoms with van der Waals surface area (Å²) < 4.78 is 10.5. The van der Waals surface area contributed by atoms with E-state index in [0.29, 0.717) is 42.0 Å². The quantitative estimate of drug-likeness (QED) is 0.168. The molecule has 12 heteroatoms. The van der Waals surface area contributed by atoms with Crippen molar-refractivity contribution in [2.45, 2.75) is 44.0 Å². The van der Waals surface area contributed by atoms with Crippen molar-refractivity contribution in [1.82, 2.24) is 9.80 Å². The van der Waals surface area contributed by atoms with E-state index in [1.54, 1.807) is 70.5 Å². The molecule has 0 aromatic heterocycles. The smallest absolute Gasteiger partial charge is 0.416 e. The van der Waals surface area contributed by atoms with Crippen LogP contribution in [0.1, 0.15) is 57.5 Å². The van der Waals surface area contributed by atoms with E-state index in [2.05, 4.69) is 5.32 Å². The molecule has 2 saturated heterocycles. The summed E-state index contributed by atoms with van der Waals surface area (Å²) in [6.07, 6.45) is 7.90. The van der Waals surface area contributed by atoms with Crippen LogP contribution in [-0.4, -0.2) is 95.2 Å². The minimum atomic E-state index is -1.14. The molecule has 56 heavy (non-hydrogen) atoms. The second-order valence-corrected chi connectivity index (χ2v) is 13.5. The fourth-order valence-corrected chi connectivity index (χ4v) is 7.08. The predicted molar refractivity (Wildman–Crippen MR) is 214 cm³/mol. The third kappa shape index (κ3) is 9.70. The summed E-state index contributed by atoms with van der Waals surface area (Å²) >= 11 is 0. The fourth-order valence-electron chi connectivity index (χ4n) is 7.08. The van der Waals surface area contributed by atoms with E-state index < -0.39 is 24.5 Å². The number of para-hydroxylation sites is 2. The maximum Gasteiger partial charge on any atom is 0.416 e. The molecule has 12 nitrogen and oxygen atoms in total. The van der Waals surface area contributed by atoms with Gasteiger partial charge in [0.05, 0.1) is 41.2 Å². The third-order valence-electron chi connectivity index (χ3n) is 9.84. The van der Waals surface area contributed by atoms with Crippen molar-refractivity contribution in [3.8, 4) is 0 Å². The summed E-state index contributed by atoms with van der Waals surface area (Å²) in [5.41, 5.74) is 3.60. The van der Waals surface area contributed by atoms with E-state index in [0.717, 1.165) is 30.4 Å². The van der Waals surface area contributed by atoms with Gasteiger partial charge >= 0.3 is 12.2 Å². The zero-order valence-corrected chi connectivity index (χ0v) is 31.0. The number of hydrogen-bond acceptors (Lipinski definition) is 8. The van der Waals surface area contributed by atoms with Crippen molar-refractivity contribution in [3.63, 3.8) is 0 Å². The van der Waals surface area contributed by atoms with Gasteiger partial charge in [0, 0.05) is 13.1 Å². The van der Waals surface area contributed by atoms with Crippen LogP contribution in [0.25, 0.3) is 12.2 Å². The van der Waals surface area contributed by atoms with Gasteiger partial charge in [-0.15, -0.1) is 0 Å². The molecule has 4 amide bonds. The van der Waals surface area contributed by atoms with Gasteiger partial charge in [-0.05, 0) is 73.2 Å². The van der Waals surface area contributed by atoms with Crippen LogP contribution in [0.15, 0.2) is 121 Å². The molecule has 290 valence electrons. The molecule has 0 saturated carbocycles. The van der Waals surface area contributed by atoms with Crippen LogP contribution in [0.2, 0.25) is 0 Å². The number of hydrogen-bond donors (Lipinski definition) is 3. The van der Waals surface area contributed by atoms with Crippen LogP contribution in [-0.2, 0) is 9.47 Å². The third-order valence-corrected chi connectivity index (χ3v) is 9.84. The van der Waals surface area contributed by atoms with Crippen LogP contribution >= 0.6 is 0 Å². The standard InChI is InChI=1S/C22H22N2O4.C22H24N2O4/c25-20-17-11-4-5-12-18(17)24(21(26)19-13-6-14-23(19)20)22(27)28-15-7-10-16-8-2-1-3-9-16;25-16-18-11-6-14-24(18)21(26)19-12-4-5-13-20(19)23-22(27)28-15-7-10-17-8-2-1-3-9-17/h1-5,7-12,19,21,26H,6,13-15H2;1-5,7-10,12-13,18,25H,6,11,14-16H2,(H,23,27)/b2*10-7+/t19-,21-;/m0./s1. The molecule has 4 aromatic carbocycles. The van der Waals surface area contributed by atoms with Crippen LogP contribution in [0, 0.1) is 0 Å². The number of ether oxygens (including phenoxy) is 2. The highest BCUT2D eigenvalue weighted by atomic mass is 16.6. The number of anilines is 2. The summed E-state index contributed by atoms with van der Waals surface area (Å²) in [6.45, 7) is 1.32. The van der Waals surface area contributed by atoms with Crippen molar-refractivity contribution < 1.29 is 38.9 Å². The average molecular weight is 759 g/mol. The number of fused-ring (bicyclic) bond motifs is 2. The Morgan fingerprint density at radius 2 is 1.36 bits per heavy atom. The van der Waals surface area contributed by atoms with E-state index in [1.807, 2.05) is 72.8 Å². The number of benzene rings is 4. The highest BCUT2D eigenvalue weighted by Gasteiger charge is 2.44. The minimum Gasteiger partial charge on any atom is -0.445 e. The summed E-state index contributed by atoms with van der Waals surface area (Å²) in [4.78, 5) is 55.2. The Bertz CT molecular complexity index is 2020. The fraction of sp³-hybridized carbons (Fsp3) is 0.273. The lowest BCUT2D eigenvalue weighted by Gasteiger charge is -2.31. The molecular weight excluding hydrogens is 713 g/mol. The Morgan fingerprint density at radius 3 is 2.05 bits per heavy atom. The van der Waals surface area contributed by atoms with Gasteiger partial charge in [0.25, 0.3) is 11.8 Å². The van der Waals surface area contributed by atoms with Gasteiger partial charge in [0.15, 0.2) is 6.23 Å². The number of rotatable bonds is 9. The van der Waals surface area contributed by atoms with Crippen molar-refractivity contribution in [2.75, 3.05) is 43.1 Å². The summed E-state index contributed by atoms with van der Waals surface area (Å²) in [6, 6.07) is 32.5.